The Balaban J connectivity index is 2.03. The van der Waals surface area contributed by atoms with E-state index in [1.54, 1.807) is 12.1 Å². The summed E-state index contributed by atoms with van der Waals surface area (Å²) in [6.45, 7) is 0. The van der Waals surface area contributed by atoms with Gasteiger partial charge in [0.1, 0.15) is 22.5 Å². The van der Waals surface area contributed by atoms with Gasteiger partial charge in [-0.15, -0.1) is 11.8 Å². The molecule has 0 bridgehead atoms. The van der Waals surface area contributed by atoms with Gasteiger partial charge in [0, 0.05) is 0 Å². The fourth-order valence-corrected chi connectivity index (χ4v) is 5.98. The van der Waals surface area contributed by atoms with E-state index in [4.69, 9.17) is 0 Å². The number of hydrogen-bond acceptors (Lipinski definition) is 6. The van der Waals surface area contributed by atoms with E-state index in [-0.39, 0.29) is 4.90 Å². The molecule has 1 aliphatic rings. The van der Waals surface area contributed by atoms with E-state index in [9.17, 15) is 18.0 Å². The van der Waals surface area contributed by atoms with E-state index in [0.717, 1.165) is 22.5 Å². The lowest BCUT2D eigenvalue weighted by Gasteiger charge is -2.14. The number of benzene rings is 2. The molecule has 0 aliphatic carbocycles. The smallest absolute Gasteiger partial charge is 0.192 e. The summed E-state index contributed by atoms with van der Waals surface area (Å²) in [5, 5.41) is 3.77. The maximum Gasteiger partial charge on any atom is 0.192 e. The first kappa shape index (κ1) is 15.2. The summed E-state index contributed by atoms with van der Waals surface area (Å²) in [6.07, 6.45) is 1.15. The van der Waals surface area contributed by atoms with Gasteiger partial charge >= 0.3 is 0 Å². The quantitative estimate of drug-likeness (QED) is 0.850. The molecule has 0 spiro atoms. The van der Waals surface area contributed by atoms with Crippen LogP contribution in [0.2, 0.25) is 0 Å². The molecule has 1 saturated heterocycles. The molecule has 0 radical (unpaired) electrons. The number of hydrogen-bond donors (Lipinski definition) is 1. The maximum atomic E-state index is 12.8. The van der Waals surface area contributed by atoms with Gasteiger partial charge in [-0.05, 0) is 22.9 Å². The van der Waals surface area contributed by atoms with Gasteiger partial charge in [-0.3, -0.25) is 5.32 Å². The number of fused-ring (bicyclic) bond motifs is 1. The van der Waals surface area contributed by atoms with Gasteiger partial charge in [0.25, 0.3) is 0 Å². The van der Waals surface area contributed by atoms with Gasteiger partial charge in [0.15, 0.2) is 9.84 Å². The Hall–Kier alpha value is -1.70. The molecule has 7 heteroatoms. The number of rotatable bonds is 4. The highest BCUT2D eigenvalue weighted by atomic mass is 32.3. The summed E-state index contributed by atoms with van der Waals surface area (Å²) in [6, 6.07) is 11.4. The third-order valence-electron chi connectivity index (χ3n) is 3.56. The van der Waals surface area contributed by atoms with E-state index < -0.39 is 25.8 Å². The van der Waals surface area contributed by atoms with Gasteiger partial charge in [-0.1, -0.05) is 30.3 Å². The minimum Gasteiger partial charge on any atom is -0.302 e. The van der Waals surface area contributed by atoms with Crippen molar-refractivity contribution in [2.75, 3.05) is 0 Å². The van der Waals surface area contributed by atoms with Gasteiger partial charge in [-0.25, -0.2) is 8.42 Å². The minimum absolute atomic E-state index is 0.156. The van der Waals surface area contributed by atoms with Crippen LogP contribution in [0.25, 0.3) is 10.8 Å². The van der Waals surface area contributed by atoms with E-state index in [1.165, 1.54) is 6.07 Å². The summed E-state index contributed by atoms with van der Waals surface area (Å²) in [7, 11) is -3.72. The van der Waals surface area contributed by atoms with Crippen molar-refractivity contribution in [2.24, 2.45) is 0 Å². The molecule has 0 saturated carbocycles. The Bertz CT molecular complexity index is 834. The third-order valence-corrected chi connectivity index (χ3v) is 7.57. The van der Waals surface area contributed by atoms with E-state index in [0.29, 0.717) is 12.6 Å². The zero-order valence-electron chi connectivity index (χ0n) is 11.4. The molecule has 2 aromatic rings. The van der Waals surface area contributed by atoms with Gasteiger partial charge in [-0.2, -0.15) is 0 Å². The van der Waals surface area contributed by atoms with Crippen LogP contribution in [0.4, 0.5) is 0 Å². The maximum absolute atomic E-state index is 12.8. The zero-order valence-corrected chi connectivity index (χ0v) is 13.0. The fourth-order valence-electron chi connectivity index (χ4n) is 2.46. The van der Waals surface area contributed by atoms with Crippen LogP contribution in [-0.2, 0) is 19.4 Å². The summed E-state index contributed by atoms with van der Waals surface area (Å²) in [4.78, 5) is 22.1. The lowest BCUT2D eigenvalue weighted by atomic mass is 10.1. The number of carbonyl (C=O) groups is 2. The van der Waals surface area contributed by atoms with Crippen molar-refractivity contribution in [3.8, 4) is 0 Å². The van der Waals surface area contributed by atoms with Crippen LogP contribution in [0, 0.1) is 0 Å². The fraction of sp³-hybridized carbons (Fsp3) is 0.200. The number of carbonyl (C=O) groups excluding carboxylic acids is 2. The molecule has 1 N–H and O–H groups in total. The van der Waals surface area contributed by atoms with Crippen LogP contribution in [0.1, 0.15) is 0 Å². The molecular weight excluding hydrogens is 322 g/mol. The molecule has 22 heavy (non-hydrogen) atoms. The van der Waals surface area contributed by atoms with Crippen LogP contribution < -0.4 is 5.32 Å². The standard InChI is InChI=1S/C15H13NO4S2/c17-8-13-15(21-14(9-18)16-13)22(19,20)12-6-5-10-3-1-2-4-11(10)7-12/h1-9,13-16H. The normalized spacial score (nSPS) is 25.2. The van der Waals surface area contributed by atoms with Crippen LogP contribution >= 0.6 is 11.8 Å². The van der Waals surface area contributed by atoms with Crippen LogP contribution in [0.15, 0.2) is 47.4 Å². The number of thioether (sulfide) groups is 1. The van der Waals surface area contributed by atoms with E-state index in [2.05, 4.69) is 5.32 Å². The SMILES string of the molecule is O=CC1NC(C=O)C(S(=O)(=O)c2ccc3ccccc3c2)S1. The Morgan fingerprint density at radius 3 is 2.41 bits per heavy atom. The first-order valence-corrected chi connectivity index (χ1v) is 9.10. The van der Waals surface area contributed by atoms with Crippen LogP contribution in [-0.4, -0.2) is 37.0 Å². The molecule has 3 unspecified atom stereocenters. The molecule has 3 rings (SSSR count). The van der Waals surface area contributed by atoms with Gasteiger partial charge in [0.05, 0.1) is 10.9 Å². The second kappa shape index (κ2) is 5.83. The molecule has 1 aliphatic heterocycles. The lowest BCUT2D eigenvalue weighted by molar-refractivity contribution is -0.109. The van der Waals surface area contributed by atoms with Crippen molar-refractivity contribution in [3.63, 3.8) is 0 Å². The highest BCUT2D eigenvalue weighted by Crippen LogP contribution is 2.34. The van der Waals surface area contributed by atoms with Crippen molar-refractivity contribution in [3.05, 3.63) is 42.5 Å². The van der Waals surface area contributed by atoms with Crippen LogP contribution in [0.3, 0.4) is 0 Å². The Morgan fingerprint density at radius 1 is 1.00 bits per heavy atom. The molecule has 1 heterocycles. The summed E-state index contributed by atoms with van der Waals surface area (Å²) in [5.41, 5.74) is 0. The highest BCUT2D eigenvalue weighted by Gasteiger charge is 2.43. The second-order valence-electron chi connectivity index (χ2n) is 4.94. The highest BCUT2D eigenvalue weighted by molar-refractivity contribution is 8.14. The van der Waals surface area contributed by atoms with Crippen molar-refractivity contribution < 1.29 is 18.0 Å². The second-order valence-corrected chi connectivity index (χ2v) is 8.60. The minimum atomic E-state index is -3.72. The van der Waals surface area contributed by atoms with E-state index in [1.807, 2.05) is 24.3 Å². The molecule has 1 fully saturated rings. The largest absolute Gasteiger partial charge is 0.302 e. The van der Waals surface area contributed by atoms with Crippen molar-refractivity contribution >= 4 is 44.9 Å². The average Bonchev–Trinajstić information content (AvgIpc) is 2.98. The Morgan fingerprint density at radius 2 is 1.73 bits per heavy atom. The molecule has 0 aromatic heterocycles. The first-order valence-electron chi connectivity index (χ1n) is 6.61. The van der Waals surface area contributed by atoms with Crippen molar-refractivity contribution in [1.82, 2.24) is 5.32 Å². The predicted octanol–water partition coefficient (Wildman–Crippen LogP) is 1.37. The zero-order chi connectivity index (χ0) is 15.7. The molecule has 5 nitrogen and oxygen atoms in total. The molecule has 2 aromatic carbocycles. The van der Waals surface area contributed by atoms with Gasteiger partial charge in [0.2, 0.25) is 0 Å². The number of sulfone groups is 1. The van der Waals surface area contributed by atoms with Crippen molar-refractivity contribution in [2.45, 2.75) is 20.9 Å². The number of aldehydes is 2. The molecule has 114 valence electrons. The van der Waals surface area contributed by atoms with Crippen molar-refractivity contribution in [1.29, 1.82) is 0 Å². The lowest BCUT2D eigenvalue weighted by Crippen LogP contribution is -2.38. The molecular formula is C15H13NO4S2. The Kier molecular flexibility index (Phi) is 4.03. The first-order chi connectivity index (χ1) is 10.6. The molecule has 3 atom stereocenters. The monoisotopic (exact) mass is 335 g/mol. The van der Waals surface area contributed by atoms with E-state index >= 15 is 0 Å². The summed E-state index contributed by atoms with van der Waals surface area (Å²) in [5.74, 6) is 0. The predicted molar refractivity (Wildman–Crippen MR) is 85.4 cm³/mol. The number of nitrogens with one attached hydrogen (secondary N) is 1. The van der Waals surface area contributed by atoms with Gasteiger partial charge < -0.3 is 9.59 Å². The summed E-state index contributed by atoms with van der Waals surface area (Å²) < 4.78 is 24.5. The third kappa shape index (κ3) is 2.55. The Labute approximate surface area is 132 Å². The summed E-state index contributed by atoms with van der Waals surface area (Å²) >= 11 is 0.952. The molecule has 0 amide bonds. The average molecular weight is 335 g/mol. The topological polar surface area (TPSA) is 80.3 Å². The van der Waals surface area contributed by atoms with Crippen LogP contribution in [0.5, 0.6) is 0 Å².